The van der Waals surface area contributed by atoms with Crippen molar-refractivity contribution < 1.29 is 14.9 Å². The number of H-pyrrole nitrogens is 1. The molecule has 0 spiro atoms. The molecule has 0 aliphatic carbocycles. The minimum absolute atomic E-state index is 0.0540. The molecule has 108 valence electrons. The van der Waals surface area contributed by atoms with Gasteiger partial charge < -0.3 is 14.9 Å². The minimum Gasteiger partial charge on any atom is -0.439 e. The van der Waals surface area contributed by atoms with Crippen molar-refractivity contribution in [2.45, 2.75) is 19.4 Å². The quantitative estimate of drug-likeness (QED) is 0.765. The Morgan fingerprint density at radius 1 is 1.15 bits per heavy atom. The molecule has 1 aromatic carbocycles. The van der Waals surface area contributed by atoms with Crippen molar-refractivity contribution in [3.63, 3.8) is 0 Å². The van der Waals surface area contributed by atoms with Gasteiger partial charge in [0.05, 0.1) is 12.3 Å². The van der Waals surface area contributed by atoms with Crippen LogP contribution in [0.5, 0.6) is 11.6 Å². The fraction of sp³-hybridized carbons (Fsp3) is 0.308. The zero-order valence-corrected chi connectivity index (χ0v) is 12.1. The first-order valence-electron chi connectivity index (χ1n) is 6.06. The molecular formula is C13H14Cl2N2O3. The molecule has 0 unspecified atom stereocenters. The van der Waals surface area contributed by atoms with E-state index in [1.807, 2.05) is 0 Å². The van der Waals surface area contributed by atoms with Crippen LogP contribution in [-0.4, -0.2) is 27.0 Å². The molecule has 7 heteroatoms. The Labute approximate surface area is 126 Å². The number of aromatic nitrogens is 2. The molecule has 0 amide bonds. The molecule has 0 saturated carbocycles. The fourth-order valence-corrected chi connectivity index (χ4v) is 2.32. The number of nitrogens with one attached hydrogen (secondary N) is 1. The first-order valence-corrected chi connectivity index (χ1v) is 6.81. The zero-order chi connectivity index (χ0) is 14.5. The Morgan fingerprint density at radius 2 is 1.85 bits per heavy atom. The van der Waals surface area contributed by atoms with Gasteiger partial charge in [-0.3, -0.25) is 0 Å². The van der Waals surface area contributed by atoms with E-state index >= 15 is 0 Å². The van der Waals surface area contributed by atoms with E-state index in [-0.39, 0.29) is 13.2 Å². The summed E-state index contributed by atoms with van der Waals surface area (Å²) in [7, 11) is 0. The molecule has 0 aliphatic rings. The number of aromatic amines is 1. The average molecular weight is 317 g/mol. The molecule has 0 atom stereocenters. The second kappa shape index (κ2) is 6.95. The molecule has 3 N–H and O–H groups in total. The summed E-state index contributed by atoms with van der Waals surface area (Å²) in [4.78, 5) is 0. The van der Waals surface area contributed by atoms with Gasteiger partial charge in [0, 0.05) is 22.2 Å². The highest BCUT2D eigenvalue weighted by atomic mass is 35.5. The molecule has 0 fully saturated rings. The third kappa shape index (κ3) is 3.64. The van der Waals surface area contributed by atoms with Crippen LogP contribution in [0.2, 0.25) is 10.0 Å². The van der Waals surface area contributed by atoms with E-state index in [0.717, 1.165) is 5.56 Å². The summed E-state index contributed by atoms with van der Waals surface area (Å²) in [5, 5.41) is 25.8. The fourth-order valence-electron chi connectivity index (χ4n) is 1.82. The van der Waals surface area contributed by atoms with Crippen LogP contribution in [0.15, 0.2) is 18.2 Å². The van der Waals surface area contributed by atoms with Crippen LogP contribution in [0.1, 0.15) is 17.7 Å². The largest absolute Gasteiger partial charge is 0.439 e. The van der Waals surface area contributed by atoms with E-state index in [9.17, 15) is 5.11 Å². The van der Waals surface area contributed by atoms with E-state index in [0.29, 0.717) is 40.2 Å². The standard InChI is InChI=1S/C13H14Cl2N2O3/c14-8-4-9(15)6-10(5-8)20-13-11(2-1-3-18)12(7-19)16-17-13/h4-6,18-19H,1-3,7H2,(H,16,17). The first kappa shape index (κ1) is 15.1. The molecule has 5 nitrogen and oxygen atoms in total. The topological polar surface area (TPSA) is 78.4 Å². The van der Waals surface area contributed by atoms with Crippen molar-refractivity contribution in [1.82, 2.24) is 10.2 Å². The van der Waals surface area contributed by atoms with Gasteiger partial charge in [0.2, 0.25) is 5.88 Å². The summed E-state index contributed by atoms with van der Waals surface area (Å²) in [6, 6.07) is 4.86. The van der Waals surface area contributed by atoms with Gasteiger partial charge in [-0.1, -0.05) is 23.2 Å². The third-order valence-corrected chi connectivity index (χ3v) is 3.14. The monoisotopic (exact) mass is 316 g/mol. The van der Waals surface area contributed by atoms with Gasteiger partial charge in [-0.05, 0) is 31.0 Å². The van der Waals surface area contributed by atoms with Crippen LogP contribution in [0.25, 0.3) is 0 Å². The number of benzene rings is 1. The van der Waals surface area contributed by atoms with E-state index in [1.54, 1.807) is 18.2 Å². The molecule has 1 aromatic heterocycles. The SMILES string of the molecule is OCCCc1c(CO)n[nH]c1Oc1cc(Cl)cc(Cl)c1. The van der Waals surface area contributed by atoms with Crippen LogP contribution < -0.4 is 4.74 Å². The number of ether oxygens (including phenoxy) is 1. The lowest BCUT2D eigenvalue weighted by Crippen LogP contribution is -1.96. The summed E-state index contributed by atoms with van der Waals surface area (Å²) >= 11 is 11.8. The molecule has 2 rings (SSSR count). The van der Waals surface area contributed by atoms with Crippen molar-refractivity contribution >= 4 is 23.2 Å². The third-order valence-electron chi connectivity index (χ3n) is 2.71. The number of rotatable bonds is 6. The predicted molar refractivity (Wildman–Crippen MR) is 76.5 cm³/mol. The van der Waals surface area contributed by atoms with Crippen molar-refractivity contribution in [2.75, 3.05) is 6.61 Å². The van der Waals surface area contributed by atoms with Crippen molar-refractivity contribution in [3.8, 4) is 11.6 Å². The van der Waals surface area contributed by atoms with Gasteiger partial charge in [-0.25, -0.2) is 5.10 Å². The first-order chi connectivity index (χ1) is 9.63. The molecule has 0 aliphatic heterocycles. The maximum atomic E-state index is 9.24. The Morgan fingerprint density at radius 3 is 2.45 bits per heavy atom. The smallest absolute Gasteiger partial charge is 0.218 e. The van der Waals surface area contributed by atoms with Crippen LogP contribution in [-0.2, 0) is 13.0 Å². The second-order valence-corrected chi connectivity index (χ2v) is 5.04. The second-order valence-electron chi connectivity index (χ2n) is 4.17. The number of aliphatic hydroxyl groups excluding tert-OH is 2. The summed E-state index contributed by atoms with van der Waals surface area (Å²) in [6.07, 6.45) is 1.10. The number of hydrogen-bond acceptors (Lipinski definition) is 4. The summed E-state index contributed by atoms with van der Waals surface area (Å²) < 4.78 is 5.67. The van der Waals surface area contributed by atoms with Gasteiger partial charge in [0.25, 0.3) is 0 Å². The highest BCUT2D eigenvalue weighted by Gasteiger charge is 2.14. The van der Waals surface area contributed by atoms with Crippen LogP contribution in [0.4, 0.5) is 0 Å². The lowest BCUT2D eigenvalue weighted by atomic mass is 10.1. The molecule has 2 aromatic rings. The Kier molecular flexibility index (Phi) is 5.25. The highest BCUT2D eigenvalue weighted by molar-refractivity contribution is 6.34. The number of aliphatic hydroxyl groups is 2. The van der Waals surface area contributed by atoms with Gasteiger partial charge in [0.1, 0.15) is 5.75 Å². The Bertz CT molecular complexity index is 567. The zero-order valence-electron chi connectivity index (χ0n) is 10.6. The highest BCUT2D eigenvalue weighted by Crippen LogP contribution is 2.30. The number of hydrogen-bond donors (Lipinski definition) is 3. The van der Waals surface area contributed by atoms with Crippen molar-refractivity contribution in [1.29, 1.82) is 0 Å². The van der Waals surface area contributed by atoms with Crippen LogP contribution >= 0.6 is 23.2 Å². The van der Waals surface area contributed by atoms with Crippen LogP contribution in [0, 0.1) is 0 Å². The minimum atomic E-state index is -0.197. The summed E-state index contributed by atoms with van der Waals surface area (Å²) in [5.74, 6) is 0.890. The molecule has 1 heterocycles. The predicted octanol–water partition coefficient (Wildman–Crippen LogP) is 2.93. The van der Waals surface area contributed by atoms with Gasteiger partial charge >= 0.3 is 0 Å². The average Bonchev–Trinajstić information content (AvgIpc) is 2.77. The Balaban J connectivity index is 2.25. The lowest BCUT2D eigenvalue weighted by molar-refractivity contribution is 0.272. The molecule has 0 radical (unpaired) electrons. The van der Waals surface area contributed by atoms with Gasteiger partial charge in [0.15, 0.2) is 0 Å². The maximum Gasteiger partial charge on any atom is 0.218 e. The lowest BCUT2D eigenvalue weighted by Gasteiger charge is -2.07. The summed E-state index contributed by atoms with van der Waals surface area (Å²) in [5.41, 5.74) is 1.24. The van der Waals surface area contributed by atoms with Gasteiger partial charge in [-0.15, -0.1) is 0 Å². The number of halogens is 2. The Hall–Kier alpha value is -1.27. The van der Waals surface area contributed by atoms with E-state index in [4.69, 9.17) is 33.0 Å². The van der Waals surface area contributed by atoms with Crippen LogP contribution in [0.3, 0.4) is 0 Å². The number of nitrogens with zero attached hydrogens (tertiary/aromatic N) is 1. The van der Waals surface area contributed by atoms with Gasteiger partial charge in [-0.2, -0.15) is 5.10 Å². The van der Waals surface area contributed by atoms with Crippen molar-refractivity contribution in [3.05, 3.63) is 39.5 Å². The summed E-state index contributed by atoms with van der Waals surface area (Å²) in [6.45, 7) is -0.143. The molecular weight excluding hydrogens is 303 g/mol. The van der Waals surface area contributed by atoms with E-state index < -0.39 is 0 Å². The molecule has 0 saturated heterocycles. The molecule has 20 heavy (non-hydrogen) atoms. The van der Waals surface area contributed by atoms with Crippen molar-refractivity contribution in [2.24, 2.45) is 0 Å². The van der Waals surface area contributed by atoms with E-state index in [1.165, 1.54) is 0 Å². The molecule has 0 bridgehead atoms. The normalized spacial score (nSPS) is 10.8. The maximum absolute atomic E-state index is 9.24. The van der Waals surface area contributed by atoms with E-state index in [2.05, 4.69) is 10.2 Å².